The fraction of sp³-hybridized carbons (Fsp3) is 0.429. The number of allylic oxidation sites excluding steroid dienone is 1. The molecule has 5 heteroatoms. The lowest BCUT2D eigenvalue weighted by atomic mass is 10.1. The summed E-state index contributed by atoms with van der Waals surface area (Å²) in [6.07, 6.45) is 2.79. The van der Waals surface area contributed by atoms with Crippen LogP contribution in [-0.2, 0) is 16.4 Å². The maximum atomic E-state index is 12.1. The van der Waals surface area contributed by atoms with Gasteiger partial charge in [-0.15, -0.1) is 6.58 Å². The fourth-order valence-corrected chi connectivity index (χ4v) is 3.27. The number of hydrogen-bond acceptors (Lipinski definition) is 3. The zero-order valence-corrected chi connectivity index (χ0v) is 12.0. The van der Waals surface area contributed by atoms with Crippen molar-refractivity contribution in [3.8, 4) is 0 Å². The van der Waals surface area contributed by atoms with Crippen molar-refractivity contribution >= 4 is 10.0 Å². The van der Waals surface area contributed by atoms with Crippen molar-refractivity contribution in [3.05, 3.63) is 48.6 Å². The van der Waals surface area contributed by atoms with Crippen LogP contribution in [0.3, 0.4) is 0 Å². The van der Waals surface area contributed by atoms with E-state index >= 15 is 0 Å². The average molecular weight is 282 g/mol. The second-order valence-electron chi connectivity index (χ2n) is 4.32. The van der Waals surface area contributed by atoms with Crippen LogP contribution in [-0.4, -0.2) is 38.1 Å². The molecule has 0 atom stereocenters. The van der Waals surface area contributed by atoms with Gasteiger partial charge in [-0.2, -0.15) is 0 Å². The first-order chi connectivity index (χ1) is 9.10. The van der Waals surface area contributed by atoms with Crippen molar-refractivity contribution in [2.24, 2.45) is 5.73 Å². The van der Waals surface area contributed by atoms with E-state index in [2.05, 4.69) is 6.58 Å². The summed E-state index contributed by atoms with van der Waals surface area (Å²) in [6.45, 7) is 4.73. The molecule has 0 aliphatic heterocycles. The minimum Gasteiger partial charge on any atom is -0.329 e. The van der Waals surface area contributed by atoms with E-state index in [0.29, 0.717) is 32.5 Å². The van der Waals surface area contributed by atoms with E-state index in [-0.39, 0.29) is 5.75 Å². The van der Waals surface area contributed by atoms with Crippen LogP contribution in [0.4, 0.5) is 0 Å². The van der Waals surface area contributed by atoms with Crippen LogP contribution in [0, 0.1) is 0 Å². The molecule has 106 valence electrons. The highest BCUT2D eigenvalue weighted by molar-refractivity contribution is 7.89. The van der Waals surface area contributed by atoms with Crippen LogP contribution < -0.4 is 5.73 Å². The quantitative estimate of drug-likeness (QED) is 0.696. The number of sulfonamides is 1. The Labute approximate surface area is 116 Å². The Kier molecular flexibility index (Phi) is 6.77. The standard InChI is InChI=1S/C14H22N2O2S/c1-2-3-13-19(17,18)16(12-10-15)11-9-14-7-5-4-6-8-14/h2,4-8H,1,3,9-13,15H2. The molecule has 0 fully saturated rings. The third-order valence-corrected chi connectivity index (χ3v) is 4.75. The highest BCUT2D eigenvalue weighted by atomic mass is 32.2. The Bertz CT molecular complexity index is 471. The normalized spacial score (nSPS) is 11.7. The SMILES string of the molecule is C=CCCS(=O)(=O)N(CCN)CCc1ccccc1. The largest absolute Gasteiger partial charge is 0.329 e. The Balaban J connectivity index is 2.64. The summed E-state index contributed by atoms with van der Waals surface area (Å²) < 4.78 is 25.7. The van der Waals surface area contributed by atoms with Gasteiger partial charge in [0.1, 0.15) is 0 Å². The molecule has 0 bridgehead atoms. The molecule has 0 amide bonds. The molecule has 0 heterocycles. The van der Waals surface area contributed by atoms with E-state index in [1.807, 2.05) is 30.3 Å². The predicted octanol–water partition coefficient (Wildman–Crippen LogP) is 1.40. The zero-order chi connectivity index (χ0) is 14.1. The van der Waals surface area contributed by atoms with Gasteiger partial charge in [-0.25, -0.2) is 12.7 Å². The zero-order valence-electron chi connectivity index (χ0n) is 11.2. The lowest BCUT2D eigenvalue weighted by Gasteiger charge is -2.21. The number of nitrogens with two attached hydrogens (primary N) is 1. The van der Waals surface area contributed by atoms with Crippen molar-refractivity contribution in [3.63, 3.8) is 0 Å². The summed E-state index contributed by atoms with van der Waals surface area (Å²) in [5.74, 6) is 0.102. The average Bonchev–Trinajstić information content (AvgIpc) is 2.42. The third-order valence-electron chi connectivity index (χ3n) is 2.84. The molecule has 0 saturated carbocycles. The third kappa shape index (κ3) is 5.55. The minimum absolute atomic E-state index is 0.102. The molecule has 4 nitrogen and oxygen atoms in total. The lowest BCUT2D eigenvalue weighted by molar-refractivity contribution is 0.422. The molecule has 0 aliphatic rings. The van der Waals surface area contributed by atoms with Gasteiger partial charge in [0.25, 0.3) is 0 Å². The fourth-order valence-electron chi connectivity index (χ4n) is 1.79. The molecule has 0 aromatic heterocycles. The van der Waals surface area contributed by atoms with Crippen molar-refractivity contribution in [2.75, 3.05) is 25.4 Å². The van der Waals surface area contributed by atoms with Crippen LogP contribution in [0.15, 0.2) is 43.0 Å². The second kappa shape index (κ2) is 8.09. The second-order valence-corrected chi connectivity index (χ2v) is 6.41. The van der Waals surface area contributed by atoms with Crippen LogP contribution >= 0.6 is 0 Å². The predicted molar refractivity (Wildman–Crippen MR) is 79.4 cm³/mol. The van der Waals surface area contributed by atoms with E-state index in [0.717, 1.165) is 5.56 Å². The Morgan fingerprint density at radius 3 is 2.47 bits per heavy atom. The first-order valence-electron chi connectivity index (χ1n) is 6.43. The van der Waals surface area contributed by atoms with Crippen LogP contribution in [0.1, 0.15) is 12.0 Å². The maximum absolute atomic E-state index is 12.1. The van der Waals surface area contributed by atoms with Gasteiger partial charge in [0.2, 0.25) is 10.0 Å². The molecule has 2 N–H and O–H groups in total. The van der Waals surface area contributed by atoms with Gasteiger partial charge >= 0.3 is 0 Å². The molecule has 0 spiro atoms. The van der Waals surface area contributed by atoms with E-state index in [1.165, 1.54) is 4.31 Å². The first-order valence-corrected chi connectivity index (χ1v) is 8.04. The molecule has 0 aliphatic carbocycles. The van der Waals surface area contributed by atoms with E-state index in [1.54, 1.807) is 6.08 Å². The van der Waals surface area contributed by atoms with Gasteiger partial charge in [0, 0.05) is 19.6 Å². The molecule has 1 rings (SSSR count). The van der Waals surface area contributed by atoms with Crippen molar-refractivity contribution in [1.29, 1.82) is 0 Å². The number of benzene rings is 1. The molecular weight excluding hydrogens is 260 g/mol. The maximum Gasteiger partial charge on any atom is 0.214 e. The topological polar surface area (TPSA) is 63.4 Å². The Morgan fingerprint density at radius 2 is 1.89 bits per heavy atom. The smallest absolute Gasteiger partial charge is 0.214 e. The van der Waals surface area contributed by atoms with Gasteiger partial charge < -0.3 is 5.73 Å². The molecule has 0 unspecified atom stereocenters. The van der Waals surface area contributed by atoms with Gasteiger partial charge in [-0.05, 0) is 18.4 Å². The highest BCUT2D eigenvalue weighted by Gasteiger charge is 2.19. The van der Waals surface area contributed by atoms with E-state index < -0.39 is 10.0 Å². The first kappa shape index (κ1) is 15.9. The number of nitrogens with zero attached hydrogens (tertiary/aromatic N) is 1. The monoisotopic (exact) mass is 282 g/mol. The molecule has 0 radical (unpaired) electrons. The van der Waals surface area contributed by atoms with Crippen LogP contribution in [0.5, 0.6) is 0 Å². The summed E-state index contributed by atoms with van der Waals surface area (Å²) in [7, 11) is -3.23. The van der Waals surface area contributed by atoms with Crippen molar-refractivity contribution in [2.45, 2.75) is 12.8 Å². The Morgan fingerprint density at radius 1 is 1.21 bits per heavy atom. The van der Waals surface area contributed by atoms with E-state index in [4.69, 9.17) is 5.73 Å². The summed E-state index contributed by atoms with van der Waals surface area (Å²) in [6, 6.07) is 9.85. The van der Waals surface area contributed by atoms with Gasteiger partial charge in [0.05, 0.1) is 5.75 Å². The number of hydrogen-bond donors (Lipinski definition) is 1. The molecule has 1 aromatic carbocycles. The molecular formula is C14H22N2O2S. The molecule has 19 heavy (non-hydrogen) atoms. The van der Waals surface area contributed by atoms with Crippen LogP contribution in [0.25, 0.3) is 0 Å². The summed E-state index contributed by atoms with van der Waals surface area (Å²) in [4.78, 5) is 0. The van der Waals surface area contributed by atoms with Crippen LogP contribution in [0.2, 0.25) is 0 Å². The minimum atomic E-state index is -3.23. The number of rotatable bonds is 9. The Hall–Kier alpha value is -1.17. The molecule has 0 saturated heterocycles. The van der Waals surface area contributed by atoms with Gasteiger partial charge in [0.15, 0.2) is 0 Å². The summed E-state index contributed by atoms with van der Waals surface area (Å²) in [5.41, 5.74) is 6.63. The van der Waals surface area contributed by atoms with Crippen molar-refractivity contribution in [1.82, 2.24) is 4.31 Å². The molecule has 1 aromatic rings. The van der Waals surface area contributed by atoms with E-state index in [9.17, 15) is 8.42 Å². The van der Waals surface area contributed by atoms with Gasteiger partial charge in [-0.1, -0.05) is 36.4 Å². The summed E-state index contributed by atoms with van der Waals surface area (Å²) in [5, 5.41) is 0. The summed E-state index contributed by atoms with van der Waals surface area (Å²) >= 11 is 0. The lowest BCUT2D eigenvalue weighted by Crippen LogP contribution is -2.38. The highest BCUT2D eigenvalue weighted by Crippen LogP contribution is 2.07. The van der Waals surface area contributed by atoms with Crippen molar-refractivity contribution < 1.29 is 8.42 Å². The van der Waals surface area contributed by atoms with Gasteiger partial charge in [-0.3, -0.25) is 0 Å².